The summed E-state index contributed by atoms with van der Waals surface area (Å²) in [5, 5.41) is 0. The summed E-state index contributed by atoms with van der Waals surface area (Å²) >= 11 is 0. The number of anilines is 1. The Bertz CT molecular complexity index is 544. The van der Waals surface area contributed by atoms with Crippen LogP contribution in [-0.4, -0.2) is 22.1 Å². The standard InChI is InChI=1S/C15H26N2O3S/c1-4-6-7-12(5-2)11-20-15-10-13(8-9-14(15)16)21(18,19)17-3/h8-10,12,17H,4-7,11,16H2,1-3H3. The molecular weight excluding hydrogens is 288 g/mol. The van der Waals surface area contributed by atoms with Gasteiger partial charge in [-0.3, -0.25) is 0 Å². The quantitative estimate of drug-likeness (QED) is 0.687. The lowest BCUT2D eigenvalue weighted by molar-refractivity contribution is 0.234. The van der Waals surface area contributed by atoms with Crippen molar-refractivity contribution in [1.29, 1.82) is 0 Å². The second-order valence-corrected chi connectivity index (χ2v) is 7.02. The van der Waals surface area contributed by atoms with E-state index >= 15 is 0 Å². The molecule has 120 valence electrons. The minimum Gasteiger partial charge on any atom is -0.491 e. The Morgan fingerprint density at radius 1 is 1.33 bits per heavy atom. The molecule has 1 aromatic carbocycles. The Morgan fingerprint density at radius 3 is 2.62 bits per heavy atom. The molecule has 0 heterocycles. The molecule has 6 heteroatoms. The van der Waals surface area contributed by atoms with Gasteiger partial charge in [0, 0.05) is 6.07 Å². The van der Waals surface area contributed by atoms with E-state index in [0.29, 0.717) is 24.0 Å². The predicted octanol–water partition coefficient (Wildman–Crippen LogP) is 2.77. The van der Waals surface area contributed by atoms with E-state index in [1.165, 1.54) is 25.6 Å². The van der Waals surface area contributed by atoms with Gasteiger partial charge in [0.05, 0.1) is 17.2 Å². The summed E-state index contributed by atoms with van der Waals surface area (Å²) < 4.78 is 31.6. The number of hydrogen-bond donors (Lipinski definition) is 2. The fourth-order valence-electron chi connectivity index (χ4n) is 2.03. The Morgan fingerprint density at radius 2 is 2.05 bits per heavy atom. The van der Waals surface area contributed by atoms with E-state index in [2.05, 4.69) is 18.6 Å². The average Bonchev–Trinajstić information content (AvgIpc) is 2.48. The highest BCUT2D eigenvalue weighted by molar-refractivity contribution is 7.89. The largest absolute Gasteiger partial charge is 0.491 e. The molecule has 0 radical (unpaired) electrons. The SMILES string of the molecule is CCCCC(CC)COc1cc(S(=O)(=O)NC)ccc1N. The predicted molar refractivity (Wildman–Crippen MR) is 85.9 cm³/mol. The van der Waals surface area contributed by atoms with Crippen LogP contribution in [0.5, 0.6) is 5.75 Å². The van der Waals surface area contributed by atoms with Crippen molar-refractivity contribution < 1.29 is 13.2 Å². The number of hydrogen-bond acceptors (Lipinski definition) is 4. The molecule has 21 heavy (non-hydrogen) atoms. The number of unbranched alkanes of at least 4 members (excludes halogenated alkanes) is 1. The topological polar surface area (TPSA) is 81.4 Å². The zero-order valence-corrected chi connectivity index (χ0v) is 13.9. The van der Waals surface area contributed by atoms with Crippen LogP contribution < -0.4 is 15.2 Å². The van der Waals surface area contributed by atoms with Crippen LogP contribution in [0.4, 0.5) is 5.69 Å². The molecule has 1 rings (SSSR count). The fraction of sp³-hybridized carbons (Fsp3) is 0.600. The maximum atomic E-state index is 11.8. The zero-order valence-electron chi connectivity index (χ0n) is 13.1. The Kier molecular flexibility index (Phi) is 6.98. The highest BCUT2D eigenvalue weighted by Gasteiger charge is 2.15. The third kappa shape index (κ3) is 5.21. The van der Waals surface area contributed by atoms with Gasteiger partial charge in [0.25, 0.3) is 0 Å². The molecular formula is C15H26N2O3S. The van der Waals surface area contributed by atoms with Crippen LogP contribution in [0.25, 0.3) is 0 Å². The summed E-state index contributed by atoms with van der Waals surface area (Å²) in [6.45, 7) is 4.86. The van der Waals surface area contributed by atoms with Crippen LogP contribution in [0.3, 0.4) is 0 Å². The first kappa shape index (κ1) is 17.8. The van der Waals surface area contributed by atoms with E-state index in [-0.39, 0.29) is 4.90 Å². The first-order chi connectivity index (χ1) is 9.94. The lowest BCUT2D eigenvalue weighted by atomic mass is 10.0. The van der Waals surface area contributed by atoms with Crippen LogP contribution in [0.15, 0.2) is 23.1 Å². The van der Waals surface area contributed by atoms with Crippen LogP contribution in [0.2, 0.25) is 0 Å². The monoisotopic (exact) mass is 314 g/mol. The van der Waals surface area contributed by atoms with Crippen molar-refractivity contribution >= 4 is 15.7 Å². The van der Waals surface area contributed by atoms with Crippen LogP contribution in [0.1, 0.15) is 39.5 Å². The molecule has 3 N–H and O–H groups in total. The van der Waals surface area contributed by atoms with Crippen molar-refractivity contribution in [2.24, 2.45) is 5.92 Å². The normalized spacial score (nSPS) is 13.1. The van der Waals surface area contributed by atoms with E-state index in [1.54, 1.807) is 6.07 Å². The smallest absolute Gasteiger partial charge is 0.240 e. The molecule has 5 nitrogen and oxygen atoms in total. The second kappa shape index (κ2) is 8.24. The molecule has 0 aliphatic carbocycles. The highest BCUT2D eigenvalue weighted by Crippen LogP contribution is 2.26. The van der Waals surface area contributed by atoms with Gasteiger partial charge in [-0.05, 0) is 31.5 Å². The van der Waals surface area contributed by atoms with Gasteiger partial charge in [0.1, 0.15) is 5.75 Å². The van der Waals surface area contributed by atoms with E-state index in [1.807, 2.05) is 0 Å². The second-order valence-electron chi connectivity index (χ2n) is 5.13. The van der Waals surface area contributed by atoms with Gasteiger partial charge in [-0.15, -0.1) is 0 Å². The number of sulfonamides is 1. The van der Waals surface area contributed by atoms with Crippen LogP contribution in [-0.2, 0) is 10.0 Å². The van der Waals surface area contributed by atoms with Crippen molar-refractivity contribution in [3.05, 3.63) is 18.2 Å². The van der Waals surface area contributed by atoms with Gasteiger partial charge in [-0.1, -0.05) is 33.1 Å². The Labute approximate surface area is 127 Å². The Balaban J connectivity index is 2.81. The molecule has 0 aliphatic heterocycles. The van der Waals surface area contributed by atoms with E-state index in [0.717, 1.165) is 19.3 Å². The number of rotatable bonds is 9. The van der Waals surface area contributed by atoms with E-state index < -0.39 is 10.0 Å². The summed E-state index contributed by atoms with van der Waals surface area (Å²) in [6, 6.07) is 4.52. The number of nitrogen functional groups attached to an aromatic ring is 1. The molecule has 0 aromatic heterocycles. The summed E-state index contributed by atoms with van der Waals surface area (Å²) in [5.74, 6) is 0.898. The summed E-state index contributed by atoms with van der Waals surface area (Å²) in [4.78, 5) is 0.163. The summed E-state index contributed by atoms with van der Waals surface area (Å²) in [6.07, 6.45) is 4.48. The number of benzene rings is 1. The lowest BCUT2D eigenvalue weighted by Gasteiger charge is -2.17. The van der Waals surface area contributed by atoms with Gasteiger partial charge in [0.15, 0.2) is 0 Å². The molecule has 0 amide bonds. The van der Waals surface area contributed by atoms with E-state index in [4.69, 9.17) is 10.5 Å². The van der Waals surface area contributed by atoms with Crippen molar-refractivity contribution in [1.82, 2.24) is 4.72 Å². The minimum absolute atomic E-state index is 0.163. The number of nitrogens with one attached hydrogen (secondary N) is 1. The molecule has 0 aliphatic rings. The summed E-state index contributed by atoms with van der Waals surface area (Å²) in [7, 11) is -2.10. The maximum Gasteiger partial charge on any atom is 0.240 e. The van der Waals surface area contributed by atoms with Gasteiger partial charge in [-0.2, -0.15) is 0 Å². The first-order valence-corrected chi connectivity index (χ1v) is 8.88. The molecule has 0 fully saturated rings. The lowest BCUT2D eigenvalue weighted by Crippen LogP contribution is -2.19. The fourth-order valence-corrected chi connectivity index (χ4v) is 2.78. The van der Waals surface area contributed by atoms with Crippen molar-refractivity contribution in [3.8, 4) is 5.75 Å². The molecule has 0 saturated heterocycles. The van der Waals surface area contributed by atoms with Gasteiger partial charge in [0.2, 0.25) is 10.0 Å². The van der Waals surface area contributed by atoms with Crippen molar-refractivity contribution in [2.75, 3.05) is 19.4 Å². The number of nitrogens with two attached hydrogens (primary N) is 1. The van der Waals surface area contributed by atoms with Crippen LogP contribution in [0, 0.1) is 5.92 Å². The highest BCUT2D eigenvalue weighted by atomic mass is 32.2. The average molecular weight is 314 g/mol. The third-order valence-corrected chi connectivity index (χ3v) is 4.99. The molecule has 1 aromatic rings. The van der Waals surface area contributed by atoms with Crippen LogP contribution >= 0.6 is 0 Å². The maximum absolute atomic E-state index is 11.8. The van der Waals surface area contributed by atoms with Gasteiger partial charge in [-0.25, -0.2) is 13.1 Å². The van der Waals surface area contributed by atoms with Gasteiger partial charge < -0.3 is 10.5 Å². The molecule has 0 bridgehead atoms. The van der Waals surface area contributed by atoms with Crippen molar-refractivity contribution in [3.63, 3.8) is 0 Å². The molecule has 1 unspecified atom stereocenters. The van der Waals surface area contributed by atoms with E-state index in [9.17, 15) is 8.42 Å². The first-order valence-electron chi connectivity index (χ1n) is 7.40. The summed E-state index contributed by atoms with van der Waals surface area (Å²) in [5.41, 5.74) is 6.32. The van der Waals surface area contributed by atoms with Crippen molar-refractivity contribution in [2.45, 2.75) is 44.4 Å². The Hall–Kier alpha value is -1.27. The molecule has 0 spiro atoms. The van der Waals surface area contributed by atoms with Gasteiger partial charge >= 0.3 is 0 Å². The molecule has 0 saturated carbocycles. The minimum atomic E-state index is -3.48. The molecule has 1 atom stereocenters. The number of ether oxygens (including phenoxy) is 1. The third-order valence-electron chi connectivity index (χ3n) is 3.58. The zero-order chi connectivity index (χ0) is 15.9.